The van der Waals surface area contributed by atoms with Gasteiger partial charge in [-0.05, 0) is 63.1 Å². The summed E-state index contributed by atoms with van der Waals surface area (Å²) in [6.45, 7) is 4.09. The van der Waals surface area contributed by atoms with Gasteiger partial charge in [0.25, 0.3) is 0 Å². The van der Waals surface area contributed by atoms with E-state index >= 15 is 0 Å². The van der Waals surface area contributed by atoms with E-state index in [1.165, 1.54) is 10.4 Å². The first-order chi connectivity index (χ1) is 12.3. The molecule has 0 saturated carbocycles. The quantitative estimate of drug-likeness (QED) is 0.790. The Morgan fingerprint density at radius 3 is 2.69 bits per heavy atom. The van der Waals surface area contributed by atoms with Crippen molar-refractivity contribution in [2.75, 3.05) is 13.1 Å². The van der Waals surface area contributed by atoms with Crippen LogP contribution >= 0.6 is 0 Å². The van der Waals surface area contributed by atoms with Crippen molar-refractivity contribution in [1.29, 1.82) is 0 Å². The zero-order chi connectivity index (χ0) is 18.9. The zero-order valence-corrected chi connectivity index (χ0v) is 15.7. The lowest BCUT2D eigenvalue weighted by atomic mass is 9.93. The minimum atomic E-state index is -3.64. The van der Waals surface area contributed by atoms with Gasteiger partial charge in [-0.15, -0.1) is 0 Å². The van der Waals surface area contributed by atoms with Crippen molar-refractivity contribution in [3.8, 4) is 0 Å². The van der Waals surface area contributed by atoms with Gasteiger partial charge in [-0.2, -0.15) is 4.31 Å². The maximum atomic E-state index is 13.3. The Balaban J connectivity index is 1.68. The van der Waals surface area contributed by atoms with Crippen molar-refractivity contribution in [2.45, 2.75) is 44.4 Å². The van der Waals surface area contributed by atoms with Crippen molar-refractivity contribution in [2.24, 2.45) is 5.92 Å². The molecule has 1 unspecified atom stereocenters. The largest absolute Gasteiger partial charge is 0.360 e. The van der Waals surface area contributed by atoms with Gasteiger partial charge in [0.15, 0.2) is 17.4 Å². The van der Waals surface area contributed by atoms with Crippen molar-refractivity contribution in [1.82, 2.24) is 9.46 Å². The second kappa shape index (κ2) is 7.44. The van der Waals surface area contributed by atoms with E-state index in [2.05, 4.69) is 5.16 Å². The van der Waals surface area contributed by atoms with Crippen LogP contribution in [0.3, 0.4) is 0 Å². The molecule has 1 saturated heterocycles. The fraction of sp³-hybridized carbons (Fsp3) is 0.500. The van der Waals surface area contributed by atoms with Crippen LogP contribution in [0.2, 0.25) is 0 Å². The number of nitrogens with zero attached hydrogens (tertiary/aromatic N) is 2. The Hall–Kier alpha value is -1.80. The molecule has 1 aromatic carbocycles. The molecule has 5 nitrogen and oxygen atoms in total. The predicted octanol–water partition coefficient (Wildman–Crippen LogP) is 3.60. The van der Waals surface area contributed by atoms with E-state index in [-0.39, 0.29) is 10.8 Å². The molecule has 8 heteroatoms. The highest BCUT2D eigenvalue weighted by molar-refractivity contribution is 7.89. The van der Waals surface area contributed by atoms with E-state index < -0.39 is 21.7 Å². The van der Waals surface area contributed by atoms with Crippen LogP contribution in [0.15, 0.2) is 27.6 Å². The third-order valence-corrected chi connectivity index (χ3v) is 6.98. The number of hydrogen-bond donors (Lipinski definition) is 0. The summed E-state index contributed by atoms with van der Waals surface area (Å²) in [5, 5.41) is 3.74. The molecule has 1 aliphatic heterocycles. The van der Waals surface area contributed by atoms with Crippen LogP contribution in [0, 0.1) is 31.4 Å². The topological polar surface area (TPSA) is 63.4 Å². The molecule has 0 spiro atoms. The van der Waals surface area contributed by atoms with Gasteiger partial charge in [-0.25, -0.2) is 17.2 Å². The van der Waals surface area contributed by atoms with E-state index in [1.54, 1.807) is 19.9 Å². The molecule has 1 fully saturated rings. The molecule has 0 radical (unpaired) electrons. The van der Waals surface area contributed by atoms with Crippen LogP contribution in [0.25, 0.3) is 0 Å². The van der Waals surface area contributed by atoms with Gasteiger partial charge in [0, 0.05) is 13.1 Å². The number of rotatable bonds is 5. The van der Waals surface area contributed by atoms with E-state index in [9.17, 15) is 17.2 Å². The summed E-state index contributed by atoms with van der Waals surface area (Å²) in [7, 11) is -3.64. The zero-order valence-electron chi connectivity index (χ0n) is 14.8. The number of aryl methyl sites for hydroxylation is 3. The Morgan fingerprint density at radius 2 is 2.04 bits per heavy atom. The molecule has 26 heavy (non-hydrogen) atoms. The summed E-state index contributed by atoms with van der Waals surface area (Å²) in [4.78, 5) is 0.152. The first-order valence-corrected chi connectivity index (χ1v) is 10.1. The van der Waals surface area contributed by atoms with Crippen LogP contribution in [0.1, 0.15) is 36.3 Å². The summed E-state index contributed by atoms with van der Waals surface area (Å²) in [6.07, 6.45) is 2.99. The molecule has 2 aromatic rings. The smallest absolute Gasteiger partial charge is 0.248 e. The molecule has 1 aliphatic rings. The average molecular weight is 384 g/mol. The molecule has 0 N–H and O–H groups in total. The van der Waals surface area contributed by atoms with Crippen molar-refractivity contribution in [3.05, 3.63) is 46.9 Å². The maximum absolute atomic E-state index is 13.3. The molecule has 1 atom stereocenters. The van der Waals surface area contributed by atoms with Crippen LogP contribution in [-0.4, -0.2) is 31.0 Å². The van der Waals surface area contributed by atoms with E-state index in [0.717, 1.165) is 30.9 Å². The standard InChI is InChI=1S/C18H22F2N2O3S/c1-12-18(13(2)25-21-12)26(23,24)22-9-3-4-15(11-22)6-5-14-7-8-16(19)17(20)10-14/h7-8,10,15H,3-6,9,11H2,1-2H3. The van der Waals surface area contributed by atoms with Crippen LogP contribution in [-0.2, 0) is 16.4 Å². The van der Waals surface area contributed by atoms with Gasteiger partial charge >= 0.3 is 0 Å². The first-order valence-electron chi connectivity index (χ1n) is 8.66. The Labute approximate surface area is 152 Å². The summed E-state index contributed by atoms with van der Waals surface area (Å²) in [6, 6.07) is 3.90. The molecule has 3 rings (SSSR count). The number of halogens is 2. The van der Waals surface area contributed by atoms with Gasteiger partial charge in [0.2, 0.25) is 10.0 Å². The first kappa shape index (κ1) is 19.0. The van der Waals surface area contributed by atoms with Gasteiger partial charge in [0.1, 0.15) is 10.6 Å². The third-order valence-electron chi connectivity index (χ3n) is 4.87. The molecule has 0 aliphatic carbocycles. The van der Waals surface area contributed by atoms with Gasteiger partial charge < -0.3 is 4.52 Å². The lowest BCUT2D eigenvalue weighted by Gasteiger charge is -2.31. The summed E-state index contributed by atoms with van der Waals surface area (Å²) >= 11 is 0. The average Bonchev–Trinajstić information content (AvgIpc) is 2.95. The monoisotopic (exact) mass is 384 g/mol. The van der Waals surface area contributed by atoms with Gasteiger partial charge in [0.05, 0.1) is 0 Å². The number of sulfonamides is 1. The van der Waals surface area contributed by atoms with Crippen LogP contribution in [0.4, 0.5) is 8.78 Å². The van der Waals surface area contributed by atoms with E-state index in [0.29, 0.717) is 31.0 Å². The highest BCUT2D eigenvalue weighted by Crippen LogP contribution is 2.29. The van der Waals surface area contributed by atoms with E-state index in [1.807, 2.05) is 0 Å². The van der Waals surface area contributed by atoms with Gasteiger partial charge in [-0.1, -0.05) is 11.2 Å². The minimum Gasteiger partial charge on any atom is -0.360 e. The van der Waals surface area contributed by atoms with Crippen molar-refractivity contribution in [3.63, 3.8) is 0 Å². The highest BCUT2D eigenvalue weighted by atomic mass is 32.2. The summed E-state index contributed by atoms with van der Waals surface area (Å²) in [5.41, 5.74) is 1.08. The molecular weight excluding hydrogens is 362 g/mol. The second-order valence-electron chi connectivity index (χ2n) is 6.81. The van der Waals surface area contributed by atoms with Crippen molar-refractivity contribution >= 4 is 10.0 Å². The second-order valence-corrected chi connectivity index (χ2v) is 8.69. The molecular formula is C18H22F2N2O3S. The Bertz CT molecular complexity index is 876. The molecule has 1 aromatic heterocycles. The summed E-state index contributed by atoms with van der Waals surface area (Å²) < 4.78 is 58.7. The number of piperidine rings is 1. The van der Waals surface area contributed by atoms with Gasteiger partial charge in [-0.3, -0.25) is 0 Å². The normalized spacial score (nSPS) is 19.0. The predicted molar refractivity (Wildman–Crippen MR) is 92.1 cm³/mol. The summed E-state index contributed by atoms with van der Waals surface area (Å²) in [5.74, 6) is -1.24. The highest BCUT2D eigenvalue weighted by Gasteiger charge is 2.34. The lowest BCUT2D eigenvalue weighted by molar-refractivity contribution is 0.255. The number of hydrogen-bond acceptors (Lipinski definition) is 4. The molecule has 142 valence electrons. The van der Waals surface area contributed by atoms with Crippen LogP contribution in [0.5, 0.6) is 0 Å². The fourth-order valence-corrected chi connectivity index (χ4v) is 5.36. The Kier molecular flexibility index (Phi) is 5.43. The minimum absolute atomic E-state index is 0.152. The number of benzene rings is 1. The number of aromatic nitrogens is 1. The Morgan fingerprint density at radius 1 is 1.27 bits per heavy atom. The third kappa shape index (κ3) is 3.81. The van der Waals surface area contributed by atoms with Crippen molar-refractivity contribution < 1.29 is 21.7 Å². The molecule has 0 amide bonds. The van der Waals surface area contributed by atoms with Crippen LogP contribution < -0.4 is 0 Å². The lowest BCUT2D eigenvalue weighted by Crippen LogP contribution is -2.40. The SMILES string of the molecule is Cc1noc(C)c1S(=O)(=O)N1CCCC(CCc2ccc(F)c(F)c2)C1. The molecule has 2 heterocycles. The molecule has 0 bridgehead atoms. The fourth-order valence-electron chi connectivity index (χ4n) is 3.52. The maximum Gasteiger partial charge on any atom is 0.248 e. The van der Waals surface area contributed by atoms with E-state index in [4.69, 9.17) is 4.52 Å².